The number of aryl methyl sites for hydroxylation is 1. The van der Waals surface area contributed by atoms with Crippen LogP contribution in [0.5, 0.6) is 0 Å². The van der Waals surface area contributed by atoms with Crippen molar-refractivity contribution < 1.29 is 0 Å². The Kier molecular flexibility index (Phi) is 4.39. The molecule has 4 heteroatoms. The lowest BCUT2D eigenvalue weighted by molar-refractivity contribution is 0.644. The number of nitrogens with zero attached hydrogens (tertiary/aromatic N) is 3. The molecule has 1 fully saturated rings. The Morgan fingerprint density at radius 3 is 2.61 bits per heavy atom. The molecule has 1 aliphatic carbocycles. The Morgan fingerprint density at radius 1 is 1.28 bits per heavy atom. The highest BCUT2D eigenvalue weighted by molar-refractivity contribution is 5.49. The summed E-state index contributed by atoms with van der Waals surface area (Å²) < 4.78 is 0. The van der Waals surface area contributed by atoms with Gasteiger partial charge in [-0.05, 0) is 19.8 Å². The predicted octanol–water partition coefficient (Wildman–Crippen LogP) is 2.85. The molecule has 1 aliphatic rings. The Labute approximate surface area is 110 Å². The van der Waals surface area contributed by atoms with Gasteiger partial charge in [0.25, 0.3) is 0 Å². The summed E-state index contributed by atoms with van der Waals surface area (Å²) in [5.41, 5.74) is 0. The minimum absolute atomic E-state index is 0.652. The number of rotatable bonds is 5. The Hall–Kier alpha value is -1.32. The average Bonchev–Trinajstić information content (AvgIpc) is 2.91. The molecule has 0 unspecified atom stereocenters. The third-order valence-corrected chi connectivity index (χ3v) is 3.67. The first-order chi connectivity index (χ1) is 8.74. The second kappa shape index (κ2) is 6.03. The summed E-state index contributed by atoms with van der Waals surface area (Å²) in [6, 6.07) is 2.72. The molecule has 100 valence electrons. The molecule has 1 aromatic heterocycles. The number of nitrogens with one attached hydrogen (secondary N) is 1. The smallest absolute Gasteiger partial charge is 0.134 e. The van der Waals surface area contributed by atoms with E-state index in [1.54, 1.807) is 0 Å². The van der Waals surface area contributed by atoms with Crippen molar-refractivity contribution in [1.29, 1.82) is 0 Å². The van der Waals surface area contributed by atoms with Gasteiger partial charge in [0, 0.05) is 32.1 Å². The molecule has 0 spiro atoms. The van der Waals surface area contributed by atoms with Crippen molar-refractivity contribution in [3.05, 3.63) is 11.9 Å². The van der Waals surface area contributed by atoms with Gasteiger partial charge in [-0.15, -0.1) is 0 Å². The molecule has 0 amide bonds. The van der Waals surface area contributed by atoms with E-state index in [1.807, 2.05) is 0 Å². The summed E-state index contributed by atoms with van der Waals surface area (Å²) in [6.45, 7) is 5.09. The first-order valence-corrected chi connectivity index (χ1v) is 7.09. The SMILES string of the molecule is CCNc1cc(N(C)C2CCCC2)nc(CC)n1. The highest BCUT2D eigenvalue weighted by atomic mass is 15.2. The molecular formula is C14H24N4. The van der Waals surface area contributed by atoms with E-state index >= 15 is 0 Å². The third kappa shape index (κ3) is 2.92. The van der Waals surface area contributed by atoms with Crippen LogP contribution >= 0.6 is 0 Å². The predicted molar refractivity (Wildman–Crippen MR) is 76.2 cm³/mol. The van der Waals surface area contributed by atoms with E-state index in [0.29, 0.717) is 6.04 Å². The van der Waals surface area contributed by atoms with Crippen molar-refractivity contribution in [2.45, 2.75) is 52.0 Å². The maximum absolute atomic E-state index is 4.65. The number of aromatic nitrogens is 2. The highest BCUT2D eigenvalue weighted by Crippen LogP contribution is 2.26. The topological polar surface area (TPSA) is 41.0 Å². The second-order valence-corrected chi connectivity index (χ2v) is 4.96. The van der Waals surface area contributed by atoms with Gasteiger partial charge in [-0.1, -0.05) is 19.8 Å². The lowest BCUT2D eigenvalue weighted by Gasteiger charge is -2.26. The van der Waals surface area contributed by atoms with E-state index in [2.05, 4.69) is 47.1 Å². The Bertz CT molecular complexity index is 385. The van der Waals surface area contributed by atoms with Crippen LogP contribution in [0.25, 0.3) is 0 Å². The van der Waals surface area contributed by atoms with E-state index in [1.165, 1.54) is 25.7 Å². The minimum atomic E-state index is 0.652. The molecular weight excluding hydrogens is 224 g/mol. The summed E-state index contributed by atoms with van der Waals surface area (Å²) in [6.07, 6.45) is 6.16. The van der Waals surface area contributed by atoms with Crippen LogP contribution in [0.4, 0.5) is 11.6 Å². The van der Waals surface area contributed by atoms with Crippen molar-refractivity contribution >= 4 is 11.6 Å². The summed E-state index contributed by atoms with van der Waals surface area (Å²) in [5.74, 6) is 2.93. The number of anilines is 2. The first-order valence-electron chi connectivity index (χ1n) is 7.09. The van der Waals surface area contributed by atoms with Gasteiger partial charge in [-0.3, -0.25) is 0 Å². The van der Waals surface area contributed by atoms with Gasteiger partial charge >= 0.3 is 0 Å². The standard InChI is InChI=1S/C14H24N4/c1-4-12-16-13(15-5-2)10-14(17-12)18(3)11-8-6-7-9-11/h10-11H,4-9H2,1-3H3,(H,15,16,17). The zero-order valence-corrected chi connectivity index (χ0v) is 11.7. The van der Waals surface area contributed by atoms with Crippen LogP contribution in [0.1, 0.15) is 45.4 Å². The van der Waals surface area contributed by atoms with Crippen molar-refractivity contribution in [2.75, 3.05) is 23.8 Å². The first kappa shape index (κ1) is 13.1. The molecule has 0 atom stereocenters. The minimum Gasteiger partial charge on any atom is -0.370 e. The molecule has 2 rings (SSSR count). The molecule has 4 nitrogen and oxygen atoms in total. The summed E-state index contributed by atoms with van der Waals surface area (Å²) >= 11 is 0. The van der Waals surface area contributed by atoms with E-state index in [0.717, 1.165) is 30.4 Å². The summed E-state index contributed by atoms with van der Waals surface area (Å²) in [7, 11) is 2.16. The lowest BCUT2D eigenvalue weighted by Crippen LogP contribution is -2.30. The summed E-state index contributed by atoms with van der Waals surface area (Å²) in [5, 5.41) is 3.29. The normalized spacial score (nSPS) is 15.9. The third-order valence-electron chi connectivity index (χ3n) is 3.67. The molecule has 1 heterocycles. The van der Waals surface area contributed by atoms with Gasteiger partial charge in [-0.2, -0.15) is 0 Å². The van der Waals surface area contributed by atoms with Crippen molar-refractivity contribution in [1.82, 2.24) is 9.97 Å². The zero-order chi connectivity index (χ0) is 13.0. The van der Waals surface area contributed by atoms with Crippen LogP contribution in [0.15, 0.2) is 6.07 Å². The van der Waals surface area contributed by atoms with Gasteiger partial charge < -0.3 is 10.2 Å². The maximum atomic E-state index is 4.65. The second-order valence-electron chi connectivity index (χ2n) is 4.96. The molecule has 0 aromatic carbocycles. The zero-order valence-electron chi connectivity index (χ0n) is 11.7. The van der Waals surface area contributed by atoms with Gasteiger partial charge in [0.2, 0.25) is 0 Å². The maximum Gasteiger partial charge on any atom is 0.134 e. The monoisotopic (exact) mass is 248 g/mol. The highest BCUT2D eigenvalue weighted by Gasteiger charge is 2.21. The number of hydrogen-bond acceptors (Lipinski definition) is 4. The molecule has 0 saturated heterocycles. The molecule has 0 aliphatic heterocycles. The van der Waals surface area contributed by atoms with E-state index in [-0.39, 0.29) is 0 Å². The van der Waals surface area contributed by atoms with Crippen LogP contribution in [0.3, 0.4) is 0 Å². The van der Waals surface area contributed by atoms with Gasteiger partial charge in [0.15, 0.2) is 0 Å². The van der Waals surface area contributed by atoms with E-state index in [4.69, 9.17) is 0 Å². The van der Waals surface area contributed by atoms with E-state index < -0.39 is 0 Å². The lowest BCUT2D eigenvalue weighted by atomic mass is 10.2. The molecule has 1 saturated carbocycles. The van der Waals surface area contributed by atoms with Gasteiger partial charge in [-0.25, -0.2) is 9.97 Å². The Morgan fingerprint density at radius 2 is 2.00 bits per heavy atom. The van der Waals surface area contributed by atoms with Crippen molar-refractivity contribution in [2.24, 2.45) is 0 Å². The average molecular weight is 248 g/mol. The fourth-order valence-corrected chi connectivity index (χ4v) is 2.57. The van der Waals surface area contributed by atoms with Crippen LogP contribution in [-0.4, -0.2) is 29.6 Å². The van der Waals surface area contributed by atoms with Crippen LogP contribution < -0.4 is 10.2 Å². The Balaban J connectivity index is 2.21. The summed E-state index contributed by atoms with van der Waals surface area (Å²) in [4.78, 5) is 11.5. The molecule has 1 N–H and O–H groups in total. The fourth-order valence-electron chi connectivity index (χ4n) is 2.57. The fraction of sp³-hybridized carbons (Fsp3) is 0.714. The molecule has 0 bridgehead atoms. The quantitative estimate of drug-likeness (QED) is 0.870. The van der Waals surface area contributed by atoms with E-state index in [9.17, 15) is 0 Å². The van der Waals surface area contributed by atoms with Crippen LogP contribution in [0.2, 0.25) is 0 Å². The van der Waals surface area contributed by atoms with Gasteiger partial charge in [0.1, 0.15) is 17.5 Å². The number of hydrogen-bond donors (Lipinski definition) is 1. The molecule has 0 radical (unpaired) electrons. The molecule has 1 aromatic rings. The van der Waals surface area contributed by atoms with Crippen molar-refractivity contribution in [3.63, 3.8) is 0 Å². The molecule has 18 heavy (non-hydrogen) atoms. The van der Waals surface area contributed by atoms with Crippen LogP contribution in [-0.2, 0) is 6.42 Å². The largest absolute Gasteiger partial charge is 0.370 e. The van der Waals surface area contributed by atoms with Gasteiger partial charge in [0.05, 0.1) is 0 Å². The van der Waals surface area contributed by atoms with Crippen LogP contribution in [0, 0.1) is 0 Å². The van der Waals surface area contributed by atoms with Crippen molar-refractivity contribution in [3.8, 4) is 0 Å².